The normalized spacial score (nSPS) is 28.1. The number of amides is 1. The fourth-order valence-corrected chi connectivity index (χ4v) is 4.32. The third-order valence-electron chi connectivity index (χ3n) is 3.70. The Labute approximate surface area is 109 Å². The van der Waals surface area contributed by atoms with Gasteiger partial charge in [0.1, 0.15) is 0 Å². The first kappa shape index (κ1) is 13.8. The zero-order valence-corrected chi connectivity index (χ0v) is 11.5. The summed E-state index contributed by atoms with van der Waals surface area (Å²) in [6.45, 7) is 2.97. The number of nitrogens with zero attached hydrogens (tertiary/aromatic N) is 1. The van der Waals surface area contributed by atoms with Gasteiger partial charge in [-0.25, -0.2) is 8.42 Å². The molecule has 2 fully saturated rings. The first-order chi connectivity index (χ1) is 8.55. The molecule has 5 nitrogen and oxygen atoms in total. The molecule has 0 radical (unpaired) electrons. The van der Waals surface area contributed by atoms with Gasteiger partial charge in [-0.1, -0.05) is 6.42 Å². The second-order valence-corrected chi connectivity index (χ2v) is 7.55. The van der Waals surface area contributed by atoms with Crippen molar-refractivity contribution < 1.29 is 13.2 Å². The van der Waals surface area contributed by atoms with Crippen LogP contribution in [0.3, 0.4) is 0 Å². The second-order valence-electron chi connectivity index (χ2n) is 5.32. The van der Waals surface area contributed by atoms with E-state index in [0.717, 1.165) is 19.6 Å². The van der Waals surface area contributed by atoms with Crippen molar-refractivity contribution in [3.05, 3.63) is 0 Å². The number of rotatable bonds is 4. The van der Waals surface area contributed by atoms with Crippen LogP contribution in [0.15, 0.2) is 0 Å². The van der Waals surface area contributed by atoms with Crippen molar-refractivity contribution in [1.82, 2.24) is 10.2 Å². The Bertz CT molecular complexity index is 388. The highest BCUT2D eigenvalue weighted by Crippen LogP contribution is 2.12. The maximum atomic E-state index is 11.7. The van der Waals surface area contributed by atoms with Gasteiger partial charge in [0.15, 0.2) is 9.84 Å². The van der Waals surface area contributed by atoms with Gasteiger partial charge in [0.25, 0.3) is 0 Å². The van der Waals surface area contributed by atoms with E-state index in [1.165, 1.54) is 19.3 Å². The number of hydrogen-bond donors (Lipinski definition) is 1. The molecule has 2 aliphatic rings. The van der Waals surface area contributed by atoms with Crippen LogP contribution in [-0.4, -0.2) is 56.4 Å². The zero-order valence-electron chi connectivity index (χ0n) is 10.7. The van der Waals surface area contributed by atoms with Crippen molar-refractivity contribution in [2.24, 2.45) is 0 Å². The number of piperidine rings is 1. The summed E-state index contributed by atoms with van der Waals surface area (Å²) in [6, 6.07) is -0.163. The van der Waals surface area contributed by atoms with Crippen LogP contribution in [0.2, 0.25) is 0 Å². The minimum absolute atomic E-state index is 0.0114. The van der Waals surface area contributed by atoms with Gasteiger partial charge >= 0.3 is 0 Å². The number of carbonyl (C=O) groups excluding carboxylic acids is 1. The first-order valence-electron chi connectivity index (χ1n) is 6.77. The molecule has 2 heterocycles. The molecule has 1 unspecified atom stereocenters. The Kier molecular flexibility index (Phi) is 4.61. The zero-order chi connectivity index (χ0) is 13.0. The molecule has 2 aliphatic heterocycles. The molecule has 1 atom stereocenters. The fraction of sp³-hybridized carbons (Fsp3) is 0.917. The quantitative estimate of drug-likeness (QED) is 0.793. The van der Waals surface area contributed by atoms with E-state index in [1.54, 1.807) is 0 Å². The summed E-state index contributed by atoms with van der Waals surface area (Å²) in [6.07, 6.45) is 4.79. The van der Waals surface area contributed by atoms with Crippen molar-refractivity contribution in [1.29, 1.82) is 0 Å². The number of likely N-dealkylation sites (tertiary alicyclic amines) is 1. The van der Waals surface area contributed by atoms with E-state index in [-0.39, 0.29) is 23.5 Å². The van der Waals surface area contributed by atoms with Crippen LogP contribution < -0.4 is 5.32 Å². The number of nitrogens with one attached hydrogen (secondary N) is 1. The van der Waals surface area contributed by atoms with E-state index in [0.29, 0.717) is 12.8 Å². The van der Waals surface area contributed by atoms with E-state index < -0.39 is 9.84 Å². The Morgan fingerprint density at radius 2 is 1.94 bits per heavy atom. The van der Waals surface area contributed by atoms with Crippen LogP contribution in [0.4, 0.5) is 0 Å². The Hall–Kier alpha value is -0.620. The van der Waals surface area contributed by atoms with Gasteiger partial charge in [-0.05, 0) is 32.4 Å². The molecule has 1 N–H and O–H groups in total. The lowest BCUT2D eigenvalue weighted by Gasteiger charge is -2.26. The number of carbonyl (C=O) groups is 1. The number of hydrogen-bond acceptors (Lipinski definition) is 4. The molecule has 0 saturated carbocycles. The average Bonchev–Trinajstić information content (AvgIpc) is 2.67. The molecule has 2 rings (SSSR count). The van der Waals surface area contributed by atoms with Gasteiger partial charge in [-0.15, -0.1) is 0 Å². The van der Waals surface area contributed by atoms with Crippen molar-refractivity contribution >= 4 is 15.7 Å². The van der Waals surface area contributed by atoms with Crippen LogP contribution in [0.25, 0.3) is 0 Å². The summed E-state index contributed by atoms with van der Waals surface area (Å²) in [5.41, 5.74) is 0. The SMILES string of the molecule is O=C(CCN1CCCCC1)NC1CCS(=O)(=O)C1. The lowest BCUT2D eigenvalue weighted by atomic mass is 10.1. The number of sulfone groups is 1. The van der Waals surface area contributed by atoms with Gasteiger partial charge in [-0.3, -0.25) is 4.79 Å². The molecule has 0 aromatic heterocycles. The van der Waals surface area contributed by atoms with E-state index in [1.807, 2.05) is 0 Å². The van der Waals surface area contributed by atoms with Gasteiger partial charge in [0.2, 0.25) is 5.91 Å². The van der Waals surface area contributed by atoms with E-state index >= 15 is 0 Å². The van der Waals surface area contributed by atoms with Gasteiger partial charge in [-0.2, -0.15) is 0 Å². The van der Waals surface area contributed by atoms with E-state index in [9.17, 15) is 13.2 Å². The standard InChI is InChI=1S/C12H22N2O3S/c15-12(4-8-14-6-2-1-3-7-14)13-11-5-9-18(16,17)10-11/h11H,1-10H2,(H,13,15). The van der Waals surface area contributed by atoms with Crippen molar-refractivity contribution in [2.75, 3.05) is 31.1 Å². The van der Waals surface area contributed by atoms with Crippen LogP contribution in [0.1, 0.15) is 32.1 Å². The predicted octanol–water partition coefficient (Wildman–Crippen LogP) is 0.166. The summed E-state index contributed by atoms with van der Waals surface area (Å²) in [5, 5.41) is 2.83. The van der Waals surface area contributed by atoms with Gasteiger partial charge in [0, 0.05) is 19.0 Å². The molecule has 0 aromatic rings. The fourth-order valence-electron chi connectivity index (χ4n) is 2.65. The van der Waals surface area contributed by atoms with Crippen LogP contribution >= 0.6 is 0 Å². The second kappa shape index (κ2) is 6.02. The van der Waals surface area contributed by atoms with Gasteiger partial charge in [0.05, 0.1) is 11.5 Å². The molecule has 6 heteroatoms. The molecule has 18 heavy (non-hydrogen) atoms. The molecule has 0 spiro atoms. The minimum Gasteiger partial charge on any atom is -0.352 e. The lowest BCUT2D eigenvalue weighted by Crippen LogP contribution is -2.38. The topological polar surface area (TPSA) is 66.5 Å². The largest absolute Gasteiger partial charge is 0.352 e. The van der Waals surface area contributed by atoms with E-state index in [4.69, 9.17) is 0 Å². The Morgan fingerprint density at radius 1 is 1.22 bits per heavy atom. The van der Waals surface area contributed by atoms with Gasteiger partial charge < -0.3 is 10.2 Å². The molecule has 104 valence electrons. The minimum atomic E-state index is -2.90. The van der Waals surface area contributed by atoms with Crippen LogP contribution in [0.5, 0.6) is 0 Å². The highest BCUT2D eigenvalue weighted by atomic mass is 32.2. The summed E-state index contributed by atoms with van der Waals surface area (Å²) in [4.78, 5) is 14.0. The van der Waals surface area contributed by atoms with Crippen molar-refractivity contribution in [3.8, 4) is 0 Å². The smallest absolute Gasteiger partial charge is 0.221 e. The van der Waals surface area contributed by atoms with Crippen LogP contribution in [-0.2, 0) is 14.6 Å². The summed E-state index contributed by atoms with van der Waals surface area (Å²) < 4.78 is 22.5. The third-order valence-corrected chi connectivity index (χ3v) is 5.47. The molecular formula is C12H22N2O3S. The Morgan fingerprint density at radius 3 is 2.56 bits per heavy atom. The maximum Gasteiger partial charge on any atom is 0.221 e. The summed E-state index contributed by atoms with van der Waals surface area (Å²) in [5.74, 6) is 0.315. The average molecular weight is 274 g/mol. The first-order valence-corrected chi connectivity index (χ1v) is 8.59. The highest BCUT2D eigenvalue weighted by Gasteiger charge is 2.28. The molecule has 1 amide bonds. The molecule has 0 aromatic carbocycles. The predicted molar refractivity (Wildman–Crippen MR) is 70.1 cm³/mol. The monoisotopic (exact) mass is 274 g/mol. The van der Waals surface area contributed by atoms with Crippen molar-refractivity contribution in [3.63, 3.8) is 0 Å². The Balaban J connectivity index is 1.66. The maximum absolute atomic E-state index is 11.7. The third kappa shape index (κ3) is 4.24. The van der Waals surface area contributed by atoms with E-state index in [2.05, 4.69) is 10.2 Å². The molecule has 0 aliphatic carbocycles. The van der Waals surface area contributed by atoms with Crippen molar-refractivity contribution in [2.45, 2.75) is 38.1 Å². The summed E-state index contributed by atoms with van der Waals surface area (Å²) in [7, 11) is -2.90. The molecule has 0 bridgehead atoms. The van der Waals surface area contributed by atoms with Crippen LogP contribution in [0, 0.1) is 0 Å². The highest BCUT2D eigenvalue weighted by molar-refractivity contribution is 7.91. The lowest BCUT2D eigenvalue weighted by molar-refractivity contribution is -0.122. The molecular weight excluding hydrogens is 252 g/mol. The molecule has 2 saturated heterocycles. The summed E-state index contributed by atoms with van der Waals surface area (Å²) >= 11 is 0.